The average Bonchev–Trinajstić information content (AvgIpc) is 3.31. The van der Waals surface area contributed by atoms with Gasteiger partial charge >= 0.3 is 0 Å². The zero-order valence-electron chi connectivity index (χ0n) is 12.1. The fraction of sp³-hybridized carbons (Fsp3) is 0.333. The molecule has 1 N–H and O–H groups in total. The number of ether oxygens (including phenoxy) is 1. The second kappa shape index (κ2) is 5.29. The minimum Gasteiger partial charge on any atom is -0.497 e. The Labute approximate surface area is 120 Å². The summed E-state index contributed by atoms with van der Waals surface area (Å²) in [6, 6.07) is 19.6. The molecule has 0 bridgehead atoms. The van der Waals surface area contributed by atoms with Crippen molar-refractivity contribution in [2.45, 2.75) is 24.3 Å². The summed E-state index contributed by atoms with van der Waals surface area (Å²) in [7, 11) is 3.76. The first-order chi connectivity index (χ1) is 9.80. The molecule has 1 saturated carbocycles. The van der Waals surface area contributed by atoms with Gasteiger partial charge in [-0.3, -0.25) is 0 Å². The van der Waals surface area contributed by atoms with Gasteiger partial charge in [0, 0.05) is 11.5 Å². The third kappa shape index (κ3) is 2.20. The molecule has 1 unspecified atom stereocenters. The summed E-state index contributed by atoms with van der Waals surface area (Å²) < 4.78 is 5.25. The monoisotopic (exact) mass is 267 g/mol. The van der Waals surface area contributed by atoms with Crippen LogP contribution in [-0.2, 0) is 5.41 Å². The maximum atomic E-state index is 5.25. The Balaban J connectivity index is 1.93. The van der Waals surface area contributed by atoms with Gasteiger partial charge in [-0.1, -0.05) is 42.5 Å². The molecule has 104 valence electrons. The summed E-state index contributed by atoms with van der Waals surface area (Å²) >= 11 is 0. The van der Waals surface area contributed by atoms with Crippen LogP contribution in [0.4, 0.5) is 0 Å². The molecule has 1 atom stereocenters. The number of rotatable bonds is 5. The molecule has 0 spiro atoms. The third-order valence-electron chi connectivity index (χ3n) is 4.43. The molecule has 3 rings (SSSR count). The molecular formula is C18H21NO. The fourth-order valence-corrected chi connectivity index (χ4v) is 3.21. The average molecular weight is 267 g/mol. The van der Waals surface area contributed by atoms with Crippen molar-refractivity contribution < 1.29 is 4.74 Å². The molecule has 1 aliphatic rings. The molecule has 2 aromatic carbocycles. The van der Waals surface area contributed by atoms with Gasteiger partial charge in [-0.25, -0.2) is 0 Å². The summed E-state index contributed by atoms with van der Waals surface area (Å²) in [6.07, 6.45) is 2.49. The molecule has 2 aromatic rings. The van der Waals surface area contributed by atoms with Gasteiger partial charge in [0.05, 0.1) is 7.11 Å². The number of methoxy groups -OCH3 is 1. The normalized spacial score (nSPS) is 17.5. The minimum absolute atomic E-state index is 0.255. The number of hydrogen-bond donors (Lipinski definition) is 1. The highest BCUT2D eigenvalue weighted by Crippen LogP contribution is 2.56. The molecule has 0 saturated heterocycles. The highest BCUT2D eigenvalue weighted by atomic mass is 16.5. The van der Waals surface area contributed by atoms with Crippen LogP contribution in [0.25, 0.3) is 0 Å². The summed E-state index contributed by atoms with van der Waals surface area (Å²) in [4.78, 5) is 0. The zero-order valence-corrected chi connectivity index (χ0v) is 12.1. The molecular weight excluding hydrogens is 246 g/mol. The summed E-state index contributed by atoms with van der Waals surface area (Å²) in [6.45, 7) is 0. The molecule has 0 heterocycles. The van der Waals surface area contributed by atoms with E-state index in [0.717, 1.165) is 5.75 Å². The molecule has 20 heavy (non-hydrogen) atoms. The third-order valence-corrected chi connectivity index (χ3v) is 4.43. The van der Waals surface area contributed by atoms with Crippen molar-refractivity contribution in [2.24, 2.45) is 0 Å². The van der Waals surface area contributed by atoms with Crippen LogP contribution in [0, 0.1) is 0 Å². The van der Waals surface area contributed by atoms with Crippen LogP contribution in [0.5, 0.6) is 5.75 Å². The number of likely N-dealkylation sites (N-methyl/N-ethyl adjacent to an activating group) is 1. The Kier molecular flexibility index (Phi) is 3.49. The van der Waals surface area contributed by atoms with Crippen LogP contribution in [0.2, 0.25) is 0 Å². The van der Waals surface area contributed by atoms with Gasteiger partial charge < -0.3 is 10.1 Å². The van der Waals surface area contributed by atoms with Gasteiger partial charge in [0.15, 0.2) is 0 Å². The molecule has 0 amide bonds. The Morgan fingerprint density at radius 2 is 1.65 bits per heavy atom. The molecule has 0 aliphatic heterocycles. The van der Waals surface area contributed by atoms with E-state index in [1.54, 1.807) is 7.11 Å². The van der Waals surface area contributed by atoms with Crippen LogP contribution in [0.15, 0.2) is 54.6 Å². The predicted octanol–water partition coefficient (Wildman–Crippen LogP) is 3.69. The SMILES string of the molecule is CNC(c1ccc(OC)cc1)C1(c2ccccc2)CC1. The quantitative estimate of drug-likeness (QED) is 0.892. The van der Waals surface area contributed by atoms with Crippen molar-refractivity contribution in [2.75, 3.05) is 14.2 Å². The second-order valence-corrected chi connectivity index (χ2v) is 5.52. The van der Waals surface area contributed by atoms with Gasteiger partial charge in [0.25, 0.3) is 0 Å². The lowest BCUT2D eigenvalue weighted by molar-refractivity contribution is 0.413. The zero-order chi connectivity index (χ0) is 14.0. The molecule has 1 fully saturated rings. The first-order valence-corrected chi connectivity index (χ1v) is 7.17. The minimum atomic E-state index is 0.255. The van der Waals surface area contributed by atoms with Crippen LogP contribution in [0.1, 0.15) is 30.0 Å². The Morgan fingerprint density at radius 1 is 1.00 bits per heavy atom. The summed E-state index contributed by atoms with van der Waals surface area (Å²) in [5.41, 5.74) is 3.02. The van der Waals surface area contributed by atoms with Gasteiger partial charge in [-0.15, -0.1) is 0 Å². The predicted molar refractivity (Wildman–Crippen MR) is 82.1 cm³/mol. The van der Waals surface area contributed by atoms with Crippen LogP contribution >= 0.6 is 0 Å². The first kappa shape index (κ1) is 13.2. The van der Waals surface area contributed by atoms with E-state index in [1.807, 2.05) is 12.1 Å². The topological polar surface area (TPSA) is 21.3 Å². The highest BCUT2D eigenvalue weighted by Gasteiger charge is 2.50. The molecule has 2 heteroatoms. The number of nitrogens with one attached hydrogen (secondary N) is 1. The van der Waals surface area contributed by atoms with E-state index in [1.165, 1.54) is 24.0 Å². The Hall–Kier alpha value is -1.80. The van der Waals surface area contributed by atoms with E-state index in [4.69, 9.17) is 4.74 Å². The standard InChI is InChI=1S/C18H21NO/c1-19-17(14-8-10-16(20-2)11-9-14)18(12-13-18)15-6-4-3-5-7-15/h3-11,17,19H,12-13H2,1-2H3. The van der Waals surface area contributed by atoms with Crippen molar-refractivity contribution in [3.63, 3.8) is 0 Å². The van der Waals surface area contributed by atoms with E-state index in [-0.39, 0.29) is 5.41 Å². The number of benzene rings is 2. The van der Waals surface area contributed by atoms with Gasteiger partial charge in [-0.05, 0) is 43.1 Å². The van der Waals surface area contributed by atoms with Crippen LogP contribution in [-0.4, -0.2) is 14.2 Å². The maximum Gasteiger partial charge on any atom is 0.118 e. The second-order valence-electron chi connectivity index (χ2n) is 5.52. The van der Waals surface area contributed by atoms with E-state index in [0.29, 0.717) is 6.04 Å². The highest BCUT2D eigenvalue weighted by molar-refractivity contribution is 5.39. The van der Waals surface area contributed by atoms with Crippen LogP contribution < -0.4 is 10.1 Å². The van der Waals surface area contributed by atoms with Crippen molar-refractivity contribution in [3.8, 4) is 5.75 Å². The van der Waals surface area contributed by atoms with E-state index in [2.05, 4.69) is 54.8 Å². The largest absolute Gasteiger partial charge is 0.497 e. The van der Waals surface area contributed by atoms with Crippen molar-refractivity contribution in [1.82, 2.24) is 5.32 Å². The number of hydrogen-bond acceptors (Lipinski definition) is 2. The Bertz CT molecular complexity index is 558. The van der Waals surface area contributed by atoms with Crippen molar-refractivity contribution in [3.05, 3.63) is 65.7 Å². The summed E-state index contributed by atoms with van der Waals surface area (Å²) in [5, 5.41) is 3.52. The lowest BCUT2D eigenvalue weighted by Gasteiger charge is -2.28. The molecule has 0 radical (unpaired) electrons. The van der Waals surface area contributed by atoms with Crippen LogP contribution in [0.3, 0.4) is 0 Å². The Morgan fingerprint density at radius 3 is 2.15 bits per heavy atom. The van der Waals surface area contributed by atoms with Gasteiger partial charge in [0.1, 0.15) is 5.75 Å². The lowest BCUT2D eigenvalue weighted by atomic mass is 9.84. The van der Waals surface area contributed by atoms with Gasteiger partial charge in [-0.2, -0.15) is 0 Å². The van der Waals surface area contributed by atoms with E-state index in [9.17, 15) is 0 Å². The summed E-state index contributed by atoms with van der Waals surface area (Å²) in [5.74, 6) is 0.910. The molecule has 0 aromatic heterocycles. The van der Waals surface area contributed by atoms with Gasteiger partial charge in [0.2, 0.25) is 0 Å². The van der Waals surface area contributed by atoms with Crippen molar-refractivity contribution >= 4 is 0 Å². The van der Waals surface area contributed by atoms with E-state index < -0.39 is 0 Å². The first-order valence-electron chi connectivity index (χ1n) is 7.17. The fourth-order valence-electron chi connectivity index (χ4n) is 3.21. The van der Waals surface area contributed by atoms with Crippen molar-refractivity contribution in [1.29, 1.82) is 0 Å². The molecule has 2 nitrogen and oxygen atoms in total. The molecule has 1 aliphatic carbocycles. The lowest BCUT2D eigenvalue weighted by Crippen LogP contribution is -2.29. The van der Waals surface area contributed by atoms with E-state index >= 15 is 0 Å². The maximum absolute atomic E-state index is 5.25. The smallest absolute Gasteiger partial charge is 0.118 e.